The number of pyridine rings is 1. The van der Waals surface area contributed by atoms with E-state index in [0.29, 0.717) is 0 Å². The highest BCUT2D eigenvalue weighted by Crippen LogP contribution is 2.28. The van der Waals surface area contributed by atoms with Crippen molar-refractivity contribution in [3.8, 4) is 0 Å². The zero-order chi connectivity index (χ0) is 21.0. The van der Waals surface area contributed by atoms with Crippen LogP contribution in [0.1, 0.15) is 42.6 Å². The first-order chi connectivity index (χ1) is 14.0. The third kappa shape index (κ3) is 4.28. The van der Waals surface area contributed by atoms with E-state index in [1.807, 2.05) is 27.0 Å². The van der Waals surface area contributed by atoms with Gasteiger partial charge in [0.1, 0.15) is 23.6 Å². The molecule has 0 atom stereocenters. The van der Waals surface area contributed by atoms with Gasteiger partial charge in [-0.25, -0.2) is 19.3 Å². The smallest absolute Gasteiger partial charge is 0.254 e. The molecule has 4 heterocycles. The zero-order valence-corrected chi connectivity index (χ0v) is 16.9. The highest BCUT2D eigenvalue weighted by molar-refractivity contribution is 5.95. The Morgan fingerprint density at radius 1 is 1.28 bits per heavy atom. The fourth-order valence-corrected chi connectivity index (χ4v) is 3.47. The van der Waals surface area contributed by atoms with Gasteiger partial charge in [-0.15, -0.1) is 0 Å². The maximum Gasteiger partial charge on any atom is 0.254 e. The van der Waals surface area contributed by atoms with Gasteiger partial charge in [0.15, 0.2) is 5.82 Å². The van der Waals surface area contributed by atoms with E-state index in [0.717, 1.165) is 54.5 Å². The molecule has 0 spiro atoms. The molecule has 1 aliphatic heterocycles. The molecule has 3 aromatic heterocycles. The Morgan fingerprint density at radius 3 is 2.72 bits per heavy atom. The highest BCUT2D eigenvalue weighted by Gasteiger charge is 2.25. The van der Waals surface area contributed by atoms with Crippen molar-refractivity contribution in [1.82, 2.24) is 25.3 Å². The quantitative estimate of drug-likeness (QED) is 0.624. The van der Waals surface area contributed by atoms with E-state index in [1.54, 1.807) is 6.33 Å². The van der Waals surface area contributed by atoms with E-state index in [2.05, 4.69) is 30.2 Å². The van der Waals surface area contributed by atoms with E-state index in [9.17, 15) is 9.18 Å². The minimum absolute atomic E-state index is 0.0350. The highest BCUT2D eigenvalue weighted by atomic mass is 19.1. The van der Waals surface area contributed by atoms with Gasteiger partial charge in [0.2, 0.25) is 0 Å². The molecule has 1 aliphatic rings. The molecule has 0 aliphatic carbocycles. The average Bonchev–Trinajstić information content (AvgIpc) is 3.13. The van der Waals surface area contributed by atoms with Crippen LogP contribution < -0.4 is 16.0 Å². The van der Waals surface area contributed by atoms with Gasteiger partial charge in [0.05, 0.1) is 17.1 Å². The first-order valence-electron chi connectivity index (χ1n) is 9.78. The maximum absolute atomic E-state index is 13.8. The molecule has 0 bridgehead atoms. The number of aromatic nitrogens is 4. The monoisotopic (exact) mass is 399 g/mol. The summed E-state index contributed by atoms with van der Waals surface area (Å²) in [6, 6.07) is 1.22. The minimum Gasteiger partial charge on any atom is -0.384 e. The summed E-state index contributed by atoms with van der Waals surface area (Å²) in [6.45, 7) is 7.50. The number of aromatic amines is 1. The Morgan fingerprint density at radius 2 is 2.00 bits per heavy atom. The summed E-state index contributed by atoms with van der Waals surface area (Å²) in [6.07, 6.45) is 5.92. The Labute approximate surface area is 168 Å². The second kappa shape index (κ2) is 8.85. The first kappa shape index (κ1) is 20.5. The molecule has 1 amide bonds. The number of nitrogen functional groups attached to an aromatic ring is 1. The summed E-state index contributed by atoms with van der Waals surface area (Å²) in [4.78, 5) is 30.0. The number of nitrogens with one attached hydrogen (secondary N) is 2. The van der Waals surface area contributed by atoms with Crippen LogP contribution in [0.5, 0.6) is 0 Å². The molecule has 0 radical (unpaired) electrons. The van der Waals surface area contributed by atoms with Crippen molar-refractivity contribution in [2.45, 2.75) is 39.7 Å². The van der Waals surface area contributed by atoms with Crippen molar-refractivity contribution in [2.75, 3.05) is 23.7 Å². The van der Waals surface area contributed by atoms with Crippen molar-refractivity contribution in [3.05, 3.63) is 41.7 Å². The van der Waals surface area contributed by atoms with Crippen LogP contribution in [0, 0.1) is 12.7 Å². The molecule has 9 heteroatoms. The lowest BCUT2D eigenvalue weighted by molar-refractivity contribution is 0.0927. The van der Waals surface area contributed by atoms with Gasteiger partial charge in [-0.1, -0.05) is 13.8 Å². The second-order valence-corrected chi connectivity index (χ2v) is 6.72. The number of H-pyrrole nitrogens is 1. The number of nitrogens with zero attached hydrogens (tertiary/aromatic N) is 4. The molecule has 0 aromatic carbocycles. The molecule has 29 heavy (non-hydrogen) atoms. The molecule has 1 saturated heterocycles. The average molecular weight is 399 g/mol. The second-order valence-electron chi connectivity index (χ2n) is 6.72. The van der Waals surface area contributed by atoms with Gasteiger partial charge >= 0.3 is 0 Å². The first-order valence-corrected chi connectivity index (χ1v) is 9.78. The number of carbonyl (C=O) groups is 1. The molecule has 3 aromatic rings. The predicted molar refractivity (Wildman–Crippen MR) is 111 cm³/mol. The van der Waals surface area contributed by atoms with Crippen LogP contribution in [0.3, 0.4) is 0 Å². The standard InChI is InChI=1S/C18H20FN7O.C2H6/c1-10-7-22-16-15(10)17(24-9-23-16)26-4-2-11(3-5-26)25-18(27)12-6-14(20)21-8-13(12)19;1-2/h6-9,11H,2-5H2,1H3,(H2,20,21)(H,25,27)(H,22,23,24);1-2H3. The van der Waals surface area contributed by atoms with Gasteiger partial charge in [-0.05, 0) is 31.4 Å². The number of nitrogens with two attached hydrogens (primary N) is 1. The maximum atomic E-state index is 13.8. The number of anilines is 2. The van der Waals surface area contributed by atoms with Crippen LogP contribution in [-0.4, -0.2) is 45.0 Å². The van der Waals surface area contributed by atoms with Crippen LogP contribution in [0.15, 0.2) is 24.8 Å². The van der Waals surface area contributed by atoms with Crippen molar-refractivity contribution in [1.29, 1.82) is 0 Å². The van der Waals surface area contributed by atoms with Crippen LogP contribution >= 0.6 is 0 Å². The number of amides is 1. The fraction of sp³-hybridized carbons (Fsp3) is 0.400. The van der Waals surface area contributed by atoms with Crippen LogP contribution in [0.25, 0.3) is 11.0 Å². The van der Waals surface area contributed by atoms with Gasteiger partial charge in [0, 0.05) is 25.3 Å². The third-order valence-electron chi connectivity index (χ3n) is 4.90. The summed E-state index contributed by atoms with van der Waals surface area (Å²) in [7, 11) is 0. The molecule has 0 unspecified atom stereocenters. The Balaban J connectivity index is 0.00000117. The van der Waals surface area contributed by atoms with Gasteiger partial charge in [-0.2, -0.15) is 0 Å². The van der Waals surface area contributed by atoms with Crippen LogP contribution in [0.2, 0.25) is 0 Å². The van der Waals surface area contributed by atoms with Crippen LogP contribution in [-0.2, 0) is 0 Å². The van der Waals surface area contributed by atoms with E-state index in [4.69, 9.17) is 5.73 Å². The number of aryl methyl sites for hydroxylation is 1. The molecule has 4 N–H and O–H groups in total. The SMILES string of the molecule is CC.Cc1c[nH]c2ncnc(N3CCC(NC(=O)c4cc(N)ncc4F)CC3)c12. The Bertz CT molecular complexity index is 996. The zero-order valence-electron chi connectivity index (χ0n) is 16.9. The fourth-order valence-electron chi connectivity index (χ4n) is 3.47. The van der Waals surface area contributed by atoms with E-state index < -0.39 is 11.7 Å². The van der Waals surface area contributed by atoms with Crippen molar-refractivity contribution in [2.24, 2.45) is 0 Å². The van der Waals surface area contributed by atoms with Gasteiger partial charge in [-0.3, -0.25) is 4.79 Å². The minimum atomic E-state index is -0.676. The molecule has 154 valence electrons. The van der Waals surface area contributed by atoms with Crippen molar-refractivity contribution in [3.63, 3.8) is 0 Å². The largest absolute Gasteiger partial charge is 0.384 e. The number of halogens is 1. The Hall–Kier alpha value is -3.23. The van der Waals surface area contributed by atoms with Gasteiger partial charge in [0.25, 0.3) is 5.91 Å². The van der Waals surface area contributed by atoms with E-state index in [1.165, 1.54) is 6.07 Å². The molecule has 8 nitrogen and oxygen atoms in total. The molecule has 4 rings (SSSR count). The van der Waals surface area contributed by atoms with Gasteiger partial charge < -0.3 is 20.9 Å². The summed E-state index contributed by atoms with van der Waals surface area (Å²) in [5.41, 5.74) is 7.39. The summed E-state index contributed by atoms with van der Waals surface area (Å²) in [5, 5.41) is 3.91. The lowest BCUT2D eigenvalue weighted by atomic mass is 10.0. The lowest BCUT2D eigenvalue weighted by Gasteiger charge is -2.33. The number of carbonyl (C=O) groups excluding carboxylic acids is 1. The number of hydrogen-bond donors (Lipinski definition) is 3. The van der Waals surface area contributed by atoms with Crippen molar-refractivity contribution < 1.29 is 9.18 Å². The Kier molecular flexibility index (Phi) is 6.26. The summed E-state index contributed by atoms with van der Waals surface area (Å²) < 4.78 is 13.8. The molecular formula is C20H26FN7O. The van der Waals surface area contributed by atoms with Crippen molar-refractivity contribution >= 4 is 28.6 Å². The van der Waals surface area contributed by atoms with E-state index in [-0.39, 0.29) is 17.4 Å². The number of rotatable bonds is 3. The number of piperidine rings is 1. The molecular weight excluding hydrogens is 373 g/mol. The van der Waals surface area contributed by atoms with Crippen LogP contribution in [0.4, 0.5) is 16.0 Å². The third-order valence-corrected chi connectivity index (χ3v) is 4.90. The topological polar surface area (TPSA) is 113 Å². The molecule has 0 saturated carbocycles. The lowest BCUT2D eigenvalue weighted by Crippen LogP contribution is -2.45. The molecule has 1 fully saturated rings. The predicted octanol–water partition coefficient (Wildman–Crippen LogP) is 2.81. The summed E-state index contributed by atoms with van der Waals surface area (Å²) >= 11 is 0. The number of fused-ring (bicyclic) bond motifs is 1. The summed E-state index contributed by atoms with van der Waals surface area (Å²) in [5.74, 6) is -0.126. The normalized spacial score (nSPS) is 14.4. The van der Waals surface area contributed by atoms with E-state index >= 15 is 0 Å². The number of hydrogen-bond acceptors (Lipinski definition) is 6.